The number of nitrogens with one attached hydrogen (secondary N) is 1. The molecule has 0 saturated heterocycles. The Morgan fingerprint density at radius 1 is 1.10 bits per heavy atom. The van der Waals surface area contributed by atoms with Crippen LogP contribution in [0.25, 0.3) is 16.6 Å². The number of carboxylic acids is 2. The highest BCUT2D eigenvalue weighted by atomic mass is 35.5. The first-order valence-corrected chi connectivity index (χ1v) is 9.03. The summed E-state index contributed by atoms with van der Waals surface area (Å²) in [5, 5.41) is 20.7. The van der Waals surface area contributed by atoms with E-state index in [1.807, 2.05) is 25.2 Å². The van der Waals surface area contributed by atoms with Crippen LogP contribution in [0.2, 0.25) is 5.02 Å². The van der Waals surface area contributed by atoms with E-state index in [1.165, 1.54) is 17.7 Å². The quantitative estimate of drug-likeness (QED) is 0.528. The van der Waals surface area contributed by atoms with E-state index in [-0.39, 0.29) is 5.82 Å². The summed E-state index contributed by atoms with van der Waals surface area (Å²) in [5.74, 6) is -2.74. The number of fused-ring (bicyclic) bond motifs is 1. The third kappa shape index (κ3) is 6.44. The van der Waals surface area contributed by atoms with Gasteiger partial charge >= 0.3 is 11.9 Å². The minimum Gasteiger partial charge on any atom is -0.478 e. The van der Waals surface area contributed by atoms with Gasteiger partial charge in [-0.25, -0.2) is 14.0 Å². The molecule has 3 rings (SSSR count). The molecule has 152 valence electrons. The monoisotopic (exact) mass is 418 g/mol. The van der Waals surface area contributed by atoms with Crippen molar-refractivity contribution in [2.75, 3.05) is 13.6 Å². The first-order chi connectivity index (χ1) is 13.8. The highest BCUT2D eigenvalue weighted by Gasteiger charge is 2.10. The molecule has 0 fully saturated rings. The maximum absolute atomic E-state index is 13.1. The minimum atomic E-state index is -1.26. The van der Waals surface area contributed by atoms with E-state index in [0.717, 1.165) is 34.6 Å². The predicted molar refractivity (Wildman–Crippen MR) is 110 cm³/mol. The molecule has 6 nitrogen and oxygen atoms in total. The highest BCUT2D eigenvalue weighted by Crippen LogP contribution is 2.28. The molecule has 3 N–H and O–H groups in total. The second-order valence-corrected chi connectivity index (χ2v) is 6.46. The van der Waals surface area contributed by atoms with E-state index < -0.39 is 11.9 Å². The van der Waals surface area contributed by atoms with E-state index in [9.17, 15) is 14.0 Å². The van der Waals surface area contributed by atoms with Crippen molar-refractivity contribution < 1.29 is 24.2 Å². The van der Waals surface area contributed by atoms with Crippen LogP contribution in [0.15, 0.2) is 60.8 Å². The van der Waals surface area contributed by atoms with Crippen molar-refractivity contribution in [3.63, 3.8) is 0 Å². The standard InChI is InChI=1S/C17H16ClFN2.C4H4O4/c1-20-9-8-12-11-21(15-5-3-14(19)4-6-15)17-7-2-13(18)10-16(12)17;5-3(6)1-2-4(7)8/h2-7,10-11,20H,8-9H2,1H3;1-2H,(H,5,6)(H,7,8)/b;2-1-. The van der Waals surface area contributed by atoms with Crippen LogP contribution in [-0.4, -0.2) is 40.3 Å². The molecular formula is C21H20ClFN2O4. The van der Waals surface area contributed by atoms with Crippen molar-refractivity contribution in [2.45, 2.75) is 6.42 Å². The Bertz CT molecular complexity index is 1010. The van der Waals surface area contributed by atoms with Crippen molar-refractivity contribution in [1.29, 1.82) is 0 Å². The van der Waals surface area contributed by atoms with Crippen molar-refractivity contribution in [1.82, 2.24) is 9.88 Å². The van der Waals surface area contributed by atoms with Gasteiger partial charge in [-0.2, -0.15) is 0 Å². The van der Waals surface area contributed by atoms with Crippen molar-refractivity contribution in [3.8, 4) is 5.69 Å². The molecule has 3 aromatic rings. The average Bonchev–Trinajstić information content (AvgIpc) is 3.03. The summed E-state index contributed by atoms with van der Waals surface area (Å²) in [6.07, 6.45) is 4.14. The summed E-state index contributed by atoms with van der Waals surface area (Å²) in [4.78, 5) is 19.1. The largest absolute Gasteiger partial charge is 0.478 e. The van der Waals surface area contributed by atoms with Gasteiger partial charge in [0.1, 0.15) is 5.82 Å². The summed E-state index contributed by atoms with van der Waals surface area (Å²) in [6.45, 7) is 0.898. The molecule has 0 bridgehead atoms. The van der Waals surface area contributed by atoms with E-state index in [0.29, 0.717) is 12.2 Å². The van der Waals surface area contributed by atoms with Crippen LogP contribution in [0, 0.1) is 5.82 Å². The smallest absolute Gasteiger partial charge is 0.328 e. The Kier molecular flexibility index (Phi) is 7.94. The van der Waals surface area contributed by atoms with Crippen LogP contribution >= 0.6 is 11.6 Å². The summed E-state index contributed by atoms with van der Waals surface area (Å²) in [7, 11) is 1.94. The second kappa shape index (κ2) is 10.4. The zero-order valence-electron chi connectivity index (χ0n) is 15.6. The average molecular weight is 419 g/mol. The van der Waals surface area contributed by atoms with Crippen LogP contribution in [0.4, 0.5) is 4.39 Å². The maximum atomic E-state index is 13.1. The number of carboxylic acid groups (broad SMARTS) is 2. The number of likely N-dealkylation sites (N-methyl/N-ethyl adjacent to an activating group) is 1. The highest BCUT2D eigenvalue weighted by molar-refractivity contribution is 6.31. The molecule has 0 radical (unpaired) electrons. The lowest BCUT2D eigenvalue weighted by molar-refractivity contribution is -0.134. The SMILES string of the molecule is CNCCc1cn(-c2ccc(F)cc2)c2ccc(Cl)cc12.O=C(O)/C=C\C(=O)O. The zero-order valence-corrected chi connectivity index (χ0v) is 16.4. The van der Waals surface area contributed by atoms with Crippen molar-refractivity contribution in [2.24, 2.45) is 0 Å². The molecule has 0 unspecified atom stereocenters. The van der Waals surface area contributed by atoms with Gasteiger partial charge in [0.05, 0.1) is 5.52 Å². The van der Waals surface area contributed by atoms with Gasteiger partial charge in [-0.3, -0.25) is 0 Å². The lowest BCUT2D eigenvalue weighted by atomic mass is 10.1. The number of aliphatic carboxylic acids is 2. The molecule has 0 aliphatic rings. The van der Waals surface area contributed by atoms with E-state index in [2.05, 4.69) is 16.1 Å². The van der Waals surface area contributed by atoms with Gasteiger partial charge in [-0.05, 0) is 68.0 Å². The maximum Gasteiger partial charge on any atom is 0.328 e. The van der Waals surface area contributed by atoms with Gasteiger partial charge in [-0.1, -0.05) is 11.6 Å². The van der Waals surface area contributed by atoms with Gasteiger partial charge in [0.15, 0.2) is 0 Å². The fraction of sp³-hybridized carbons (Fsp3) is 0.143. The fourth-order valence-electron chi connectivity index (χ4n) is 2.69. The first kappa shape index (κ1) is 22.1. The number of hydrogen-bond acceptors (Lipinski definition) is 3. The summed E-state index contributed by atoms with van der Waals surface area (Å²) >= 11 is 6.13. The van der Waals surface area contributed by atoms with Gasteiger partial charge in [0.25, 0.3) is 0 Å². The van der Waals surface area contributed by atoms with Gasteiger partial charge < -0.3 is 20.1 Å². The van der Waals surface area contributed by atoms with E-state index in [1.54, 1.807) is 12.1 Å². The third-order valence-corrected chi connectivity index (χ3v) is 4.20. The zero-order chi connectivity index (χ0) is 21.4. The molecule has 8 heteroatoms. The molecule has 0 aliphatic heterocycles. The van der Waals surface area contributed by atoms with Gasteiger partial charge in [0.2, 0.25) is 0 Å². The molecule has 0 spiro atoms. The number of rotatable bonds is 6. The van der Waals surface area contributed by atoms with Crippen molar-refractivity contribution in [3.05, 3.63) is 77.2 Å². The Balaban J connectivity index is 0.000000321. The second-order valence-electron chi connectivity index (χ2n) is 6.03. The Morgan fingerprint density at radius 3 is 2.28 bits per heavy atom. The Labute approximate surface area is 171 Å². The third-order valence-electron chi connectivity index (χ3n) is 3.97. The molecule has 2 aromatic carbocycles. The van der Waals surface area contributed by atoms with Crippen LogP contribution in [0.1, 0.15) is 5.56 Å². The summed E-state index contributed by atoms with van der Waals surface area (Å²) in [6, 6.07) is 12.4. The normalized spacial score (nSPS) is 10.7. The van der Waals surface area contributed by atoms with E-state index >= 15 is 0 Å². The molecule has 1 aromatic heterocycles. The molecule has 29 heavy (non-hydrogen) atoms. The lowest BCUT2D eigenvalue weighted by Gasteiger charge is -2.05. The van der Waals surface area contributed by atoms with Gasteiger partial charge in [-0.15, -0.1) is 0 Å². The number of nitrogens with zero attached hydrogens (tertiary/aromatic N) is 1. The number of aromatic nitrogens is 1. The molecule has 0 aliphatic carbocycles. The predicted octanol–water partition coefficient (Wildman–Crippen LogP) is 3.90. The van der Waals surface area contributed by atoms with Crippen LogP contribution in [0.3, 0.4) is 0 Å². The van der Waals surface area contributed by atoms with E-state index in [4.69, 9.17) is 21.8 Å². The number of benzene rings is 2. The first-order valence-electron chi connectivity index (χ1n) is 8.65. The molecule has 0 amide bonds. The summed E-state index contributed by atoms with van der Waals surface area (Å²) in [5.41, 5.74) is 3.25. The molecule has 0 saturated carbocycles. The lowest BCUT2D eigenvalue weighted by Crippen LogP contribution is -2.09. The number of hydrogen-bond donors (Lipinski definition) is 3. The topological polar surface area (TPSA) is 91.6 Å². The van der Waals surface area contributed by atoms with Crippen LogP contribution in [0.5, 0.6) is 0 Å². The number of halogens is 2. The Morgan fingerprint density at radius 2 is 1.72 bits per heavy atom. The summed E-state index contributed by atoms with van der Waals surface area (Å²) < 4.78 is 15.2. The molecule has 0 atom stereocenters. The Hall–Kier alpha value is -3.16. The van der Waals surface area contributed by atoms with Gasteiger partial charge in [0, 0.05) is 34.4 Å². The van der Waals surface area contributed by atoms with Crippen molar-refractivity contribution >= 4 is 34.4 Å². The van der Waals surface area contributed by atoms with Crippen LogP contribution in [-0.2, 0) is 16.0 Å². The number of carbonyl (C=O) groups is 2. The fourth-order valence-corrected chi connectivity index (χ4v) is 2.86. The molecule has 1 heterocycles. The molecular weight excluding hydrogens is 399 g/mol. The minimum absolute atomic E-state index is 0.228. The van der Waals surface area contributed by atoms with Crippen LogP contribution < -0.4 is 5.32 Å².